The zero-order valence-corrected chi connectivity index (χ0v) is 8.54. The number of allylic oxidation sites excluding steroid dienone is 2. The van der Waals surface area contributed by atoms with E-state index in [9.17, 15) is 0 Å². The summed E-state index contributed by atoms with van der Waals surface area (Å²) in [7, 11) is 0. The first-order valence-electron chi connectivity index (χ1n) is 4.36. The highest BCUT2D eigenvalue weighted by molar-refractivity contribution is 5.67. The topological polar surface area (TPSA) is 23.9 Å². The monoisotopic (exact) mass is 175 g/mol. The first-order chi connectivity index (χ1) is 6.22. The van der Waals surface area contributed by atoms with E-state index in [1.54, 1.807) is 6.08 Å². The number of hydrogen-bond acceptors (Lipinski definition) is 1. The Labute approximate surface area is 80.6 Å². The maximum absolute atomic E-state index is 6.39. The smallest absolute Gasteiger partial charge is 0.0174 e. The minimum Gasteiger partial charge on any atom is -0.309 e. The summed E-state index contributed by atoms with van der Waals surface area (Å²) in [6.45, 7) is 6.12. The third-order valence-corrected chi connectivity index (χ3v) is 1.71. The van der Waals surface area contributed by atoms with Gasteiger partial charge >= 0.3 is 0 Å². The molecule has 0 spiro atoms. The van der Waals surface area contributed by atoms with Gasteiger partial charge in [-0.2, -0.15) is 0 Å². The van der Waals surface area contributed by atoms with Crippen molar-refractivity contribution in [3.8, 4) is 0 Å². The van der Waals surface area contributed by atoms with Crippen LogP contribution in [-0.4, -0.2) is 6.21 Å². The van der Waals surface area contributed by atoms with Crippen LogP contribution in [0.1, 0.15) is 18.1 Å². The van der Waals surface area contributed by atoms with Crippen LogP contribution in [-0.2, 0) is 0 Å². The summed E-state index contributed by atoms with van der Waals surface area (Å²) in [5, 5.41) is 6.39. The Morgan fingerprint density at radius 3 is 1.69 bits per heavy atom. The molecule has 1 aromatic carbocycles. The second kappa shape index (κ2) is 7.29. The van der Waals surface area contributed by atoms with E-state index in [1.165, 1.54) is 17.3 Å². The number of hydrogen-bond donors (Lipinski definition) is 1. The fraction of sp³-hybridized carbons (Fsp3) is 0.250. The van der Waals surface area contributed by atoms with E-state index in [4.69, 9.17) is 5.41 Å². The van der Waals surface area contributed by atoms with Gasteiger partial charge in [-0.3, -0.25) is 0 Å². The van der Waals surface area contributed by atoms with Crippen LogP contribution >= 0.6 is 0 Å². The zero-order valence-electron chi connectivity index (χ0n) is 8.54. The van der Waals surface area contributed by atoms with E-state index in [0.29, 0.717) is 0 Å². The maximum Gasteiger partial charge on any atom is 0.0174 e. The van der Waals surface area contributed by atoms with Crippen LogP contribution in [0.2, 0.25) is 0 Å². The Bertz CT molecular complexity index is 253. The lowest BCUT2D eigenvalue weighted by molar-refractivity contribution is 1.34. The van der Waals surface area contributed by atoms with E-state index < -0.39 is 0 Å². The van der Waals surface area contributed by atoms with Gasteiger partial charge in [-0.05, 0) is 38.0 Å². The molecule has 0 fully saturated rings. The first kappa shape index (κ1) is 11.6. The molecule has 0 saturated heterocycles. The molecule has 0 aliphatic heterocycles. The Morgan fingerprint density at radius 1 is 1.08 bits per heavy atom. The third-order valence-electron chi connectivity index (χ3n) is 1.71. The van der Waals surface area contributed by atoms with Gasteiger partial charge < -0.3 is 5.41 Å². The number of rotatable bonds is 1. The van der Waals surface area contributed by atoms with Crippen LogP contribution in [0.15, 0.2) is 36.4 Å². The van der Waals surface area contributed by atoms with Gasteiger partial charge in [0.25, 0.3) is 0 Å². The van der Waals surface area contributed by atoms with Crippen molar-refractivity contribution in [2.24, 2.45) is 0 Å². The van der Waals surface area contributed by atoms with Gasteiger partial charge in [-0.1, -0.05) is 30.3 Å². The average molecular weight is 175 g/mol. The minimum absolute atomic E-state index is 1.25. The fourth-order valence-electron chi connectivity index (χ4n) is 0.759. The normalized spacial score (nSPS) is 9.15. The summed E-state index contributed by atoms with van der Waals surface area (Å²) in [5.41, 5.74) is 2.74. The summed E-state index contributed by atoms with van der Waals surface area (Å²) in [6, 6.07) is 8.36. The molecule has 0 heterocycles. The second-order valence-electron chi connectivity index (χ2n) is 2.78. The highest BCUT2D eigenvalue weighted by Gasteiger charge is 1.83. The molecule has 0 atom stereocenters. The molecule has 0 unspecified atom stereocenters. The molecule has 1 nitrogen and oxygen atoms in total. The van der Waals surface area contributed by atoms with Crippen molar-refractivity contribution in [1.82, 2.24) is 0 Å². The third kappa shape index (κ3) is 5.85. The quantitative estimate of drug-likeness (QED) is 0.631. The van der Waals surface area contributed by atoms with E-state index in [1.807, 2.05) is 13.0 Å². The molecule has 0 bridgehead atoms. The Morgan fingerprint density at radius 2 is 1.54 bits per heavy atom. The first-order valence-corrected chi connectivity index (χ1v) is 4.36. The lowest BCUT2D eigenvalue weighted by atomic mass is 10.1. The fourth-order valence-corrected chi connectivity index (χ4v) is 0.759. The van der Waals surface area contributed by atoms with Gasteiger partial charge in [-0.25, -0.2) is 0 Å². The van der Waals surface area contributed by atoms with Crippen LogP contribution in [0.25, 0.3) is 0 Å². The molecule has 0 aliphatic carbocycles. The average Bonchev–Trinajstić information content (AvgIpc) is 2.13. The standard InChI is InChI=1S/C8H10.C4H7N/c1-7-5-3-4-6-8(7)2;1-2-3-4-5/h3-6H,1-2H3;2-5H,1H3/b;3-2-,5-4?. The van der Waals surface area contributed by atoms with E-state index in [0.717, 1.165) is 0 Å². The van der Waals surface area contributed by atoms with E-state index in [-0.39, 0.29) is 0 Å². The van der Waals surface area contributed by atoms with Gasteiger partial charge in [-0.15, -0.1) is 0 Å². The predicted octanol–water partition coefficient (Wildman–Crippen LogP) is 3.52. The lowest BCUT2D eigenvalue weighted by Gasteiger charge is -1.93. The SMILES string of the molecule is C/C=C\C=N.Cc1ccccc1C. The van der Waals surface area contributed by atoms with E-state index in [2.05, 4.69) is 38.1 Å². The van der Waals surface area contributed by atoms with Crippen molar-refractivity contribution in [3.63, 3.8) is 0 Å². The van der Waals surface area contributed by atoms with Gasteiger partial charge in [0, 0.05) is 6.21 Å². The summed E-state index contributed by atoms with van der Waals surface area (Å²) in [5.74, 6) is 0. The number of aryl methyl sites for hydroxylation is 2. The Balaban J connectivity index is 0.000000252. The highest BCUT2D eigenvalue weighted by atomic mass is 14.3. The van der Waals surface area contributed by atoms with Crippen LogP contribution in [0.5, 0.6) is 0 Å². The van der Waals surface area contributed by atoms with Crippen LogP contribution in [0.3, 0.4) is 0 Å². The highest BCUT2D eigenvalue weighted by Crippen LogP contribution is 2.02. The summed E-state index contributed by atoms with van der Waals surface area (Å²) in [4.78, 5) is 0. The van der Waals surface area contributed by atoms with Crippen molar-refractivity contribution in [2.75, 3.05) is 0 Å². The van der Waals surface area contributed by atoms with E-state index >= 15 is 0 Å². The molecule has 0 aliphatic rings. The van der Waals surface area contributed by atoms with Gasteiger partial charge in [0.15, 0.2) is 0 Å². The summed E-state index contributed by atoms with van der Waals surface area (Å²) >= 11 is 0. The molecule has 1 rings (SSSR count). The van der Waals surface area contributed by atoms with Crippen molar-refractivity contribution < 1.29 is 0 Å². The van der Waals surface area contributed by atoms with Crippen molar-refractivity contribution >= 4 is 6.21 Å². The molecule has 0 radical (unpaired) electrons. The molecule has 1 aromatic rings. The maximum atomic E-state index is 6.39. The lowest BCUT2D eigenvalue weighted by Crippen LogP contribution is -1.74. The Kier molecular flexibility index (Phi) is 6.52. The molecule has 0 saturated carbocycles. The molecule has 70 valence electrons. The van der Waals surface area contributed by atoms with Crippen LogP contribution in [0.4, 0.5) is 0 Å². The Hall–Kier alpha value is -1.37. The summed E-state index contributed by atoms with van der Waals surface area (Å²) < 4.78 is 0. The summed E-state index contributed by atoms with van der Waals surface area (Å²) in [6.07, 6.45) is 4.73. The van der Waals surface area contributed by atoms with Gasteiger partial charge in [0.05, 0.1) is 0 Å². The van der Waals surface area contributed by atoms with Crippen molar-refractivity contribution in [1.29, 1.82) is 5.41 Å². The molecule has 0 amide bonds. The van der Waals surface area contributed by atoms with Crippen molar-refractivity contribution in [2.45, 2.75) is 20.8 Å². The number of nitrogens with one attached hydrogen (secondary N) is 1. The van der Waals surface area contributed by atoms with Gasteiger partial charge in [0.1, 0.15) is 0 Å². The van der Waals surface area contributed by atoms with Crippen molar-refractivity contribution in [3.05, 3.63) is 47.5 Å². The zero-order chi connectivity index (χ0) is 10.1. The van der Waals surface area contributed by atoms with Gasteiger partial charge in [0.2, 0.25) is 0 Å². The van der Waals surface area contributed by atoms with Crippen LogP contribution < -0.4 is 0 Å². The molecule has 1 N–H and O–H groups in total. The molecular formula is C12H17N. The molecule has 0 aromatic heterocycles. The largest absolute Gasteiger partial charge is 0.309 e. The van der Waals surface area contributed by atoms with Crippen LogP contribution in [0, 0.1) is 19.3 Å². The second-order valence-corrected chi connectivity index (χ2v) is 2.78. The molecule has 13 heavy (non-hydrogen) atoms. The minimum atomic E-state index is 1.25. The number of benzene rings is 1. The molecular weight excluding hydrogens is 158 g/mol. The predicted molar refractivity (Wildman–Crippen MR) is 59.5 cm³/mol. The molecule has 1 heteroatoms.